The van der Waals surface area contributed by atoms with Crippen LogP contribution in [0.5, 0.6) is 0 Å². The molecule has 4 nitrogen and oxygen atoms in total. The van der Waals surface area contributed by atoms with E-state index in [1.165, 1.54) is 38.8 Å². The Balaban J connectivity index is 1.40. The lowest BCUT2D eigenvalue weighted by Gasteiger charge is -2.45. The number of hydrogen-bond acceptors (Lipinski definition) is 4. The maximum Gasteiger partial charge on any atom is 0.0707 e. The van der Waals surface area contributed by atoms with Crippen LogP contribution in [-0.2, 0) is 4.74 Å². The monoisotopic (exact) mass is 281 g/mol. The zero-order valence-electron chi connectivity index (χ0n) is 13.4. The van der Waals surface area contributed by atoms with Gasteiger partial charge in [0.25, 0.3) is 0 Å². The highest BCUT2D eigenvalue weighted by atomic mass is 16.5. The van der Waals surface area contributed by atoms with E-state index in [0.717, 1.165) is 25.7 Å². The number of piperazine rings is 1. The van der Waals surface area contributed by atoms with Gasteiger partial charge in [-0.25, -0.2) is 0 Å². The number of nitrogens with one attached hydrogen (secondary N) is 1. The number of hydrogen-bond donors (Lipinski definition) is 1. The Bertz CT molecular complexity index is 330. The summed E-state index contributed by atoms with van der Waals surface area (Å²) in [6, 6.07) is 0.802. The third kappa shape index (κ3) is 3.73. The van der Waals surface area contributed by atoms with Crippen LogP contribution in [-0.4, -0.2) is 73.4 Å². The third-order valence-corrected chi connectivity index (χ3v) is 5.26. The highest BCUT2D eigenvalue weighted by Gasteiger charge is 2.34. The van der Waals surface area contributed by atoms with Crippen molar-refractivity contribution in [1.82, 2.24) is 15.1 Å². The molecule has 2 atom stereocenters. The number of ether oxygens (including phenoxy) is 1. The lowest BCUT2D eigenvalue weighted by molar-refractivity contribution is -0.0119. The first-order chi connectivity index (χ1) is 9.53. The lowest BCUT2D eigenvalue weighted by atomic mass is 9.99. The van der Waals surface area contributed by atoms with Gasteiger partial charge in [-0.05, 0) is 46.6 Å². The Hall–Kier alpha value is -0.160. The molecule has 2 unspecified atom stereocenters. The molecule has 0 bridgehead atoms. The van der Waals surface area contributed by atoms with Crippen molar-refractivity contribution in [2.24, 2.45) is 0 Å². The maximum absolute atomic E-state index is 6.22. The highest BCUT2D eigenvalue weighted by molar-refractivity contribution is 4.90. The molecule has 2 saturated heterocycles. The predicted molar refractivity (Wildman–Crippen MR) is 82.1 cm³/mol. The molecule has 2 heterocycles. The van der Waals surface area contributed by atoms with E-state index in [-0.39, 0.29) is 0 Å². The van der Waals surface area contributed by atoms with E-state index in [1.54, 1.807) is 0 Å². The molecule has 20 heavy (non-hydrogen) atoms. The summed E-state index contributed by atoms with van der Waals surface area (Å²) in [6.45, 7) is 10.4. The second-order valence-electron chi connectivity index (χ2n) is 7.61. The third-order valence-electron chi connectivity index (χ3n) is 5.26. The van der Waals surface area contributed by atoms with Gasteiger partial charge in [0.15, 0.2) is 0 Å². The summed E-state index contributed by atoms with van der Waals surface area (Å²) in [5.41, 5.74) is 0.295. The molecule has 1 N–H and O–H groups in total. The maximum atomic E-state index is 6.22. The topological polar surface area (TPSA) is 27.7 Å². The van der Waals surface area contributed by atoms with Crippen LogP contribution in [0, 0.1) is 0 Å². The summed E-state index contributed by atoms with van der Waals surface area (Å²) in [4.78, 5) is 5.07. The molecule has 0 aromatic carbocycles. The summed E-state index contributed by atoms with van der Waals surface area (Å²) in [5.74, 6) is 0. The molecule has 0 aromatic heterocycles. The Morgan fingerprint density at radius 1 is 1.10 bits per heavy atom. The minimum Gasteiger partial charge on any atom is -0.372 e. The fourth-order valence-electron chi connectivity index (χ4n) is 3.43. The van der Waals surface area contributed by atoms with E-state index in [0.29, 0.717) is 17.7 Å². The molecule has 3 aliphatic rings. The Labute approximate surface area is 123 Å². The zero-order chi connectivity index (χ0) is 14.2. The first-order valence-corrected chi connectivity index (χ1v) is 8.35. The molecule has 3 rings (SSSR count). The Morgan fingerprint density at radius 2 is 1.85 bits per heavy atom. The van der Waals surface area contributed by atoms with Crippen LogP contribution in [0.15, 0.2) is 0 Å². The molecule has 0 aromatic rings. The molecule has 2 aliphatic heterocycles. The second-order valence-corrected chi connectivity index (χ2v) is 7.61. The summed E-state index contributed by atoms with van der Waals surface area (Å²) < 4.78 is 6.22. The van der Waals surface area contributed by atoms with Crippen LogP contribution in [0.4, 0.5) is 0 Å². The predicted octanol–water partition coefficient (Wildman–Crippen LogP) is 1.31. The van der Waals surface area contributed by atoms with Crippen molar-refractivity contribution in [2.45, 2.75) is 63.3 Å². The van der Waals surface area contributed by atoms with Crippen molar-refractivity contribution in [2.75, 3.05) is 39.8 Å². The number of likely N-dealkylation sites (N-methyl/N-ethyl adjacent to an activating group) is 1. The van der Waals surface area contributed by atoms with Crippen molar-refractivity contribution in [1.29, 1.82) is 0 Å². The van der Waals surface area contributed by atoms with Gasteiger partial charge in [0.05, 0.1) is 12.2 Å². The van der Waals surface area contributed by atoms with E-state index in [1.807, 2.05) is 0 Å². The van der Waals surface area contributed by atoms with E-state index in [9.17, 15) is 0 Å². The molecule has 1 aliphatic carbocycles. The minimum absolute atomic E-state index is 0.295. The normalized spacial score (nSPS) is 35.5. The molecule has 0 radical (unpaired) electrons. The quantitative estimate of drug-likeness (QED) is 0.822. The largest absolute Gasteiger partial charge is 0.372 e. The Morgan fingerprint density at radius 3 is 2.55 bits per heavy atom. The highest BCUT2D eigenvalue weighted by Crippen LogP contribution is 2.25. The van der Waals surface area contributed by atoms with Gasteiger partial charge in [-0.2, -0.15) is 0 Å². The van der Waals surface area contributed by atoms with E-state index in [4.69, 9.17) is 4.74 Å². The van der Waals surface area contributed by atoms with Gasteiger partial charge in [0.1, 0.15) is 0 Å². The lowest BCUT2D eigenvalue weighted by Crippen LogP contribution is -2.58. The standard InChI is InChI=1S/C16H31N3O/c1-16(2)12-19(9-8-18(16)3)11-15-7-6-14(20-15)10-17-13-4-5-13/h13-15,17H,4-12H2,1-3H3. The van der Waals surface area contributed by atoms with Crippen molar-refractivity contribution in [3.63, 3.8) is 0 Å². The molecule has 0 amide bonds. The van der Waals surface area contributed by atoms with Gasteiger partial charge in [0, 0.05) is 44.3 Å². The van der Waals surface area contributed by atoms with Crippen LogP contribution < -0.4 is 5.32 Å². The van der Waals surface area contributed by atoms with Crippen molar-refractivity contribution in [3.8, 4) is 0 Å². The van der Waals surface area contributed by atoms with Crippen LogP contribution in [0.1, 0.15) is 39.5 Å². The zero-order valence-corrected chi connectivity index (χ0v) is 13.4. The minimum atomic E-state index is 0.295. The van der Waals surface area contributed by atoms with E-state index >= 15 is 0 Å². The van der Waals surface area contributed by atoms with Crippen LogP contribution in [0.3, 0.4) is 0 Å². The average Bonchev–Trinajstić information content (AvgIpc) is 3.12. The summed E-state index contributed by atoms with van der Waals surface area (Å²) in [5, 5.41) is 3.60. The van der Waals surface area contributed by atoms with Gasteiger partial charge in [-0.1, -0.05) is 0 Å². The Kier molecular flexibility index (Phi) is 4.37. The smallest absolute Gasteiger partial charge is 0.0707 e. The van der Waals surface area contributed by atoms with Crippen LogP contribution in [0.2, 0.25) is 0 Å². The van der Waals surface area contributed by atoms with Gasteiger partial charge in [-0.3, -0.25) is 9.80 Å². The average molecular weight is 281 g/mol. The van der Waals surface area contributed by atoms with Gasteiger partial charge < -0.3 is 10.1 Å². The summed E-state index contributed by atoms with van der Waals surface area (Å²) in [7, 11) is 2.24. The van der Waals surface area contributed by atoms with Gasteiger partial charge >= 0.3 is 0 Å². The van der Waals surface area contributed by atoms with Crippen LogP contribution >= 0.6 is 0 Å². The second kappa shape index (κ2) is 5.91. The first-order valence-electron chi connectivity index (χ1n) is 8.35. The molecular formula is C16H31N3O. The number of rotatable bonds is 5. The van der Waals surface area contributed by atoms with E-state index < -0.39 is 0 Å². The van der Waals surface area contributed by atoms with Crippen molar-refractivity contribution < 1.29 is 4.74 Å². The van der Waals surface area contributed by atoms with Gasteiger partial charge in [0.2, 0.25) is 0 Å². The molecule has 1 saturated carbocycles. The number of nitrogens with zero attached hydrogens (tertiary/aromatic N) is 2. The summed E-state index contributed by atoms with van der Waals surface area (Å²) >= 11 is 0. The molecule has 116 valence electrons. The van der Waals surface area contributed by atoms with Crippen LogP contribution in [0.25, 0.3) is 0 Å². The summed E-state index contributed by atoms with van der Waals surface area (Å²) in [6.07, 6.45) is 6.13. The molecule has 3 fully saturated rings. The molecular weight excluding hydrogens is 250 g/mol. The fourth-order valence-corrected chi connectivity index (χ4v) is 3.43. The van der Waals surface area contributed by atoms with E-state index in [2.05, 4.69) is 36.0 Å². The molecule has 4 heteroatoms. The SMILES string of the molecule is CN1CCN(CC2CCC(CNC3CC3)O2)CC1(C)C. The van der Waals surface area contributed by atoms with Crippen molar-refractivity contribution >= 4 is 0 Å². The first kappa shape index (κ1) is 14.8. The van der Waals surface area contributed by atoms with Crippen molar-refractivity contribution in [3.05, 3.63) is 0 Å². The van der Waals surface area contributed by atoms with Gasteiger partial charge in [-0.15, -0.1) is 0 Å². The molecule has 0 spiro atoms. The fraction of sp³-hybridized carbons (Fsp3) is 1.00.